The van der Waals surface area contributed by atoms with Gasteiger partial charge in [-0.1, -0.05) is 35.9 Å². The minimum Gasteiger partial charge on any atom is -0.348 e. The lowest BCUT2D eigenvalue weighted by Gasteiger charge is -2.09. The quantitative estimate of drug-likeness (QED) is 0.710. The molecule has 5 nitrogen and oxygen atoms in total. The molecule has 0 atom stereocenters. The van der Waals surface area contributed by atoms with E-state index in [1.165, 1.54) is 0 Å². The molecule has 0 bridgehead atoms. The topological polar surface area (TPSA) is 77.8 Å². The molecule has 0 radical (unpaired) electrons. The zero-order chi connectivity index (χ0) is 18.4. The molecule has 0 aliphatic heterocycles. The van der Waals surface area contributed by atoms with Crippen LogP contribution in [0.25, 0.3) is 0 Å². The van der Waals surface area contributed by atoms with Crippen molar-refractivity contribution in [3.8, 4) is 6.07 Å². The Hall–Kier alpha value is -3.36. The first-order chi connectivity index (χ1) is 12.7. The van der Waals surface area contributed by atoms with E-state index >= 15 is 0 Å². The number of nitrogens with one attached hydrogen (secondary N) is 2. The molecule has 1 heterocycles. The number of nitrogens with zero attached hydrogens (tertiary/aromatic N) is 2. The number of rotatable bonds is 5. The highest BCUT2D eigenvalue weighted by Gasteiger charge is 2.08. The molecule has 1 aromatic heterocycles. The van der Waals surface area contributed by atoms with Crippen LogP contribution in [0.5, 0.6) is 0 Å². The van der Waals surface area contributed by atoms with Crippen molar-refractivity contribution in [2.75, 3.05) is 5.32 Å². The molecule has 0 unspecified atom stereocenters. The van der Waals surface area contributed by atoms with Gasteiger partial charge < -0.3 is 10.6 Å². The second-order valence-electron chi connectivity index (χ2n) is 5.52. The molecule has 2 aromatic carbocycles. The lowest BCUT2D eigenvalue weighted by molar-refractivity contribution is 0.0951. The Bertz CT molecular complexity index is 964. The van der Waals surface area contributed by atoms with Gasteiger partial charge in [-0.3, -0.25) is 4.79 Å². The van der Waals surface area contributed by atoms with Crippen molar-refractivity contribution in [2.24, 2.45) is 0 Å². The van der Waals surface area contributed by atoms with Gasteiger partial charge in [0.15, 0.2) is 0 Å². The van der Waals surface area contributed by atoms with Crippen molar-refractivity contribution in [1.29, 1.82) is 5.26 Å². The van der Waals surface area contributed by atoms with Crippen LogP contribution in [0.4, 0.5) is 11.5 Å². The maximum atomic E-state index is 12.4. The van der Waals surface area contributed by atoms with Gasteiger partial charge in [0, 0.05) is 23.3 Å². The minimum absolute atomic E-state index is 0.209. The molecule has 0 fully saturated rings. The van der Waals surface area contributed by atoms with E-state index in [2.05, 4.69) is 21.7 Å². The molecule has 0 spiro atoms. The second kappa shape index (κ2) is 8.15. The smallest absolute Gasteiger partial charge is 0.251 e. The highest BCUT2D eigenvalue weighted by molar-refractivity contribution is 6.30. The van der Waals surface area contributed by atoms with Gasteiger partial charge in [0.1, 0.15) is 11.9 Å². The first kappa shape index (κ1) is 17.5. The Morgan fingerprint density at radius 1 is 1.12 bits per heavy atom. The van der Waals surface area contributed by atoms with Crippen molar-refractivity contribution in [1.82, 2.24) is 10.3 Å². The van der Waals surface area contributed by atoms with Crippen LogP contribution in [-0.4, -0.2) is 10.9 Å². The molecule has 6 heteroatoms. The summed E-state index contributed by atoms with van der Waals surface area (Å²) >= 11 is 5.85. The van der Waals surface area contributed by atoms with Gasteiger partial charge in [0.2, 0.25) is 0 Å². The number of para-hydroxylation sites is 1. The first-order valence-electron chi connectivity index (χ1n) is 7.90. The van der Waals surface area contributed by atoms with Gasteiger partial charge in [-0.25, -0.2) is 4.98 Å². The molecule has 1 amide bonds. The van der Waals surface area contributed by atoms with Crippen molar-refractivity contribution in [3.63, 3.8) is 0 Å². The molecule has 0 saturated carbocycles. The molecule has 0 aliphatic rings. The summed E-state index contributed by atoms with van der Waals surface area (Å²) in [5.74, 6) is 0.283. The number of benzene rings is 2. The first-order valence-corrected chi connectivity index (χ1v) is 8.28. The number of hydrogen-bond donors (Lipinski definition) is 2. The highest BCUT2D eigenvalue weighted by atomic mass is 35.5. The van der Waals surface area contributed by atoms with Gasteiger partial charge in [-0.2, -0.15) is 5.26 Å². The third kappa shape index (κ3) is 4.38. The Morgan fingerprint density at radius 3 is 2.65 bits per heavy atom. The van der Waals surface area contributed by atoms with Gasteiger partial charge in [-0.15, -0.1) is 0 Å². The van der Waals surface area contributed by atoms with Crippen LogP contribution < -0.4 is 10.6 Å². The van der Waals surface area contributed by atoms with Crippen molar-refractivity contribution in [2.45, 2.75) is 6.54 Å². The maximum Gasteiger partial charge on any atom is 0.251 e. The molecular weight excluding hydrogens is 348 g/mol. The number of hydrogen-bond acceptors (Lipinski definition) is 4. The zero-order valence-corrected chi connectivity index (χ0v) is 14.5. The van der Waals surface area contributed by atoms with Gasteiger partial charge >= 0.3 is 0 Å². The molecule has 0 saturated heterocycles. The fourth-order valence-electron chi connectivity index (χ4n) is 2.35. The van der Waals surface area contributed by atoms with Gasteiger partial charge in [-0.05, 0) is 42.0 Å². The minimum atomic E-state index is -0.209. The van der Waals surface area contributed by atoms with E-state index in [1.54, 1.807) is 48.7 Å². The Kier molecular flexibility index (Phi) is 5.47. The number of pyridine rings is 1. The summed E-state index contributed by atoms with van der Waals surface area (Å²) in [5, 5.41) is 15.7. The third-order valence-electron chi connectivity index (χ3n) is 3.70. The largest absolute Gasteiger partial charge is 0.348 e. The zero-order valence-electron chi connectivity index (χ0n) is 13.7. The monoisotopic (exact) mass is 362 g/mol. The van der Waals surface area contributed by atoms with Crippen LogP contribution in [0, 0.1) is 11.3 Å². The number of nitriles is 1. The standard InChI is InChI=1S/C20H15ClN4O/c21-17-7-5-14(6-8-17)13-24-20(26)15-9-10-23-19(11-15)25-18-4-2-1-3-16(18)12-22/h1-11H,13H2,(H,23,25)(H,24,26). The summed E-state index contributed by atoms with van der Waals surface area (Å²) in [6.45, 7) is 0.401. The molecule has 128 valence electrons. The van der Waals surface area contributed by atoms with Crippen LogP contribution in [0.1, 0.15) is 21.5 Å². The maximum absolute atomic E-state index is 12.4. The highest BCUT2D eigenvalue weighted by Crippen LogP contribution is 2.19. The summed E-state index contributed by atoms with van der Waals surface area (Å²) in [5.41, 5.74) is 2.58. The average Bonchev–Trinajstić information content (AvgIpc) is 2.68. The summed E-state index contributed by atoms with van der Waals surface area (Å²) in [7, 11) is 0. The summed E-state index contributed by atoms with van der Waals surface area (Å²) < 4.78 is 0. The average molecular weight is 363 g/mol. The van der Waals surface area contributed by atoms with E-state index in [0.717, 1.165) is 5.56 Å². The Morgan fingerprint density at radius 2 is 1.88 bits per heavy atom. The number of amides is 1. The second-order valence-corrected chi connectivity index (χ2v) is 5.96. The molecule has 26 heavy (non-hydrogen) atoms. The number of carbonyl (C=O) groups is 1. The van der Waals surface area contributed by atoms with E-state index in [1.807, 2.05) is 18.2 Å². The Labute approximate surface area is 156 Å². The fraction of sp³-hybridized carbons (Fsp3) is 0.0500. The van der Waals surface area contributed by atoms with Crippen LogP contribution in [-0.2, 0) is 6.54 Å². The number of anilines is 2. The normalized spacial score (nSPS) is 10.0. The Balaban J connectivity index is 1.69. The van der Waals surface area contributed by atoms with Crippen molar-refractivity contribution >= 4 is 29.0 Å². The fourth-order valence-corrected chi connectivity index (χ4v) is 2.48. The molecule has 2 N–H and O–H groups in total. The predicted molar refractivity (Wildman–Crippen MR) is 101 cm³/mol. The molecule has 3 aromatic rings. The van der Waals surface area contributed by atoms with E-state index in [9.17, 15) is 4.79 Å². The van der Waals surface area contributed by atoms with E-state index in [4.69, 9.17) is 16.9 Å². The van der Waals surface area contributed by atoms with E-state index < -0.39 is 0 Å². The summed E-state index contributed by atoms with van der Waals surface area (Å²) in [4.78, 5) is 16.6. The van der Waals surface area contributed by atoms with Crippen LogP contribution in [0.2, 0.25) is 5.02 Å². The molecule has 3 rings (SSSR count). The van der Waals surface area contributed by atoms with Crippen LogP contribution >= 0.6 is 11.6 Å². The predicted octanol–water partition coefficient (Wildman–Crippen LogP) is 4.28. The number of halogens is 1. The lowest BCUT2D eigenvalue weighted by Crippen LogP contribution is -2.22. The number of carbonyl (C=O) groups excluding carboxylic acids is 1. The van der Waals surface area contributed by atoms with E-state index in [-0.39, 0.29) is 5.91 Å². The van der Waals surface area contributed by atoms with Crippen molar-refractivity contribution in [3.05, 3.63) is 88.6 Å². The van der Waals surface area contributed by atoms with Gasteiger partial charge in [0.25, 0.3) is 5.91 Å². The SMILES string of the molecule is N#Cc1ccccc1Nc1cc(C(=O)NCc2ccc(Cl)cc2)ccn1. The van der Waals surface area contributed by atoms with E-state index in [0.29, 0.717) is 34.2 Å². The van der Waals surface area contributed by atoms with Crippen LogP contribution in [0.3, 0.4) is 0 Å². The van der Waals surface area contributed by atoms with Gasteiger partial charge in [0.05, 0.1) is 11.3 Å². The summed E-state index contributed by atoms with van der Waals surface area (Å²) in [6, 6.07) is 19.8. The van der Waals surface area contributed by atoms with Crippen molar-refractivity contribution < 1.29 is 4.79 Å². The summed E-state index contributed by atoms with van der Waals surface area (Å²) in [6.07, 6.45) is 1.55. The lowest BCUT2D eigenvalue weighted by atomic mass is 10.2. The number of aromatic nitrogens is 1. The third-order valence-corrected chi connectivity index (χ3v) is 3.95. The molecular formula is C20H15ClN4O. The van der Waals surface area contributed by atoms with Crippen LogP contribution in [0.15, 0.2) is 66.9 Å². The molecule has 0 aliphatic carbocycles.